The van der Waals surface area contributed by atoms with E-state index in [1.807, 2.05) is 0 Å². The van der Waals surface area contributed by atoms with Gasteiger partial charge >= 0.3 is 12.3 Å². The van der Waals surface area contributed by atoms with Crippen LogP contribution in [0.3, 0.4) is 0 Å². The molecular formula is C20H26ClF3N4O2. The molecule has 6 nitrogen and oxygen atoms in total. The molecule has 0 unspecified atom stereocenters. The maximum Gasteiger partial charge on any atom is 0.407 e. The minimum Gasteiger partial charge on any atom is -0.444 e. The van der Waals surface area contributed by atoms with E-state index in [1.54, 1.807) is 39.8 Å². The van der Waals surface area contributed by atoms with Gasteiger partial charge < -0.3 is 15.0 Å². The summed E-state index contributed by atoms with van der Waals surface area (Å²) in [7, 11) is 0. The first-order valence-electron chi connectivity index (χ1n) is 9.44. The van der Waals surface area contributed by atoms with Crippen molar-refractivity contribution in [1.29, 1.82) is 0 Å². The molecule has 1 amide bonds. The van der Waals surface area contributed by atoms with Crippen LogP contribution in [0.1, 0.15) is 39.7 Å². The smallest absolute Gasteiger partial charge is 0.407 e. The van der Waals surface area contributed by atoms with Crippen LogP contribution in [-0.4, -0.2) is 48.7 Å². The molecule has 0 aromatic carbocycles. The highest BCUT2D eigenvalue weighted by molar-refractivity contribution is 6.32. The summed E-state index contributed by atoms with van der Waals surface area (Å²) in [6.07, 6.45) is -0.591. The number of carbonyl (C=O) groups is 1. The van der Waals surface area contributed by atoms with E-state index in [-0.39, 0.29) is 30.4 Å². The Morgan fingerprint density at radius 3 is 2.60 bits per heavy atom. The number of nitrogens with zero attached hydrogens (tertiary/aromatic N) is 3. The molecule has 1 aromatic heterocycles. The second-order valence-electron chi connectivity index (χ2n) is 8.08. The van der Waals surface area contributed by atoms with Crippen molar-refractivity contribution < 1.29 is 22.7 Å². The lowest BCUT2D eigenvalue weighted by Crippen LogP contribution is -2.54. The van der Waals surface area contributed by atoms with Crippen molar-refractivity contribution in [3.63, 3.8) is 0 Å². The van der Waals surface area contributed by atoms with Crippen molar-refractivity contribution in [2.75, 3.05) is 18.0 Å². The summed E-state index contributed by atoms with van der Waals surface area (Å²) in [5.74, 6) is -1.64. The highest BCUT2D eigenvalue weighted by atomic mass is 35.5. The van der Waals surface area contributed by atoms with Crippen molar-refractivity contribution in [3.05, 3.63) is 23.0 Å². The number of aliphatic imine (C=N–C) groups is 1. The lowest BCUT2D eigenvalue weighted by atomic mass is 9.92. The van der Waals surface area contributed by atoms with Gasteiger partial charge in [0.05, 0.1) is 23.8 Å². The van der Waals surface area contributed by atoms with Crippen LogP contribution in [0.5, 0.6) is 0 Å². The van der Waals surface area contributed by atoms with Gasteiger partial charge in [0.2, 0.25) is 0 Å². The third kappa shape index (κ3) is 6.10. The van der Waals surface area contributed by atoms with Gasteiger partial charge in [0.1, 0.15) is 11.3 Å². The molecule has 2 rings (SSSR count). The highest BCUT2D eigenvalue weighted by Crippen LogP contribution is 2.39. The van der Waals surface area contributed by atoms with Gasteiger partial charge in [-0.15, -0.1) is 0 Å². The molecule has 0 radical (unpaired) electrons. The Morgan fingerprint density at radius 2 is 2.07 bits per heavy atom. The van der Waals surface area contributed by atoms with E-state index >= 15 is 0 Å². The third-order valence-electron chi connectivity index (χ3n) is 4.49. The Hall–Kier alpha value is -2.29. The minimum atomic E-state index is -4.42. The number of halogens is 4. The number of aromatic nitrogens is 1. The fraction of sp³-hybridized carbons (Fsp3) is 0.550. The maximum atomic E-state index is 13.6. The number of alkyl carbamates (subject to hydrolysis) is 1. The number of amides is 1. The van der Waals surface area contributed by atoms with Crippen LogP contribution in [0.25, 0.3) is 6.08 Å². The predicted molar refractivity (Wildman–Crippen MR) is 113 cm³/mol. The number of allylic oxidation sites excluding steroid dienone is 1. The minimum absolute atomic E-state index is 0.106. The average Bonchev–Trinajstić information content (AvgIpc) is 2.59. The largest absolute Gasteiger partial charge is 0.444 e. The number of anilines is 1. The average molecular weight is 447 g/mol. The Labute approximate surface area is 179 Å². The zero-order chi connectivity index (χ0) is 22.7. The van der Waals surface area contributed by atoms with Crippen LogP contribution in [0.4, 0.5) is 29.3 Å². The first-order chi connectivity index (χ1) is 13.9. The quantitative estimate of drug-likeness (QED) is 0.498. The van der Waals surface area contributed by atoms with E-state index in [0.29, 0.717) is 11.3 Å². The maximum absolute atomic E-state index is 13.6. The fourth-order valence-electron chi connectivity index (χ4n) is 3.33. The van der Waals surface area contributed by atoms with Crippen LogP contribution in [0.15, 0.2) is 17.3 Å². The van der Waals surface area contributed by atoms with Gasteiger partial charge in [-0.1, -0.05) is 23.8 Å². The van der Waals surface area contributed by atoms with E-state index in [4.69, 9.17) is 16.3 Å². The van der Waals surface area contributed by atoms with Crippen LogP contribution in [0.2, 0.25) is 5.15 Å². The van der Waals surface area contributed by atoms with Crippen molar-refractivity contribution >= 4 is 41.9 Å². The zero-order valence-electron chi connectivity index (χ0n) is 17.4. The zero-order valence-corrected chi connectivity index (χ0v) is 18.1. The van der Waals surface area contributed by atoms with Crippen molar-refractivity contribution in [2.45, 2.75) is 51.9 Å². The fourth-order valence-corrected chi connectivity index (χ4v) is 3.54. The molecule has 2 atom stereocenters. The topological polar surface area (TPSA) is 66.8 Å². The summed E-state index contributed by atoms with van der Waals surface area (Å²) in [5, 5.41) is 2.67. The first kappa shape index (κ1) is 24.0. The van der Waals surface area contributed by atoms with Gasteiger partial charge in [-0.25, -0.2) is 9.78 Å². The number of rotatable bonds is 4. The molecule has 10 heteroatoms. The van der Waals surface area contributed by atoms with Crippen LogP contribution < -0.4 is 10.2 Å². The molecule has 0 bridgehead atoms. The second kappa shape index (κ2) is 9.24. The first-order valence-corrected chi connectivity index (χ1v) is 9.82. The van der Waals surface area contributed by atoms with E-state index in [0.717, 1.165) is 0 Å². The van der Waals surface area contributed by atoms with Crippen molar-refractivity contribution in [1.82, 2.24) is 10.3 Å². The summed E-state index contributed by atoms with van der Waals surface area (Å²) in [4.78, 5) is 21.6. The molecule has 1 aliphatic heterocycles. The summed E-state index contributed by atoms with van der Waals surface area (Å²) in [6, 6.07) is -0.769. The Bertz CT molecular complexity index is 821. The van der Waals surface area contributed by atoms with E-state index in [1.165, 1.54) is 11.1 Å². The van der Waals surface area contributed by atoms with Gasteiger partial charge in [0.15, 0.2) is 5.15 Å². The van der Waals surface area contributed by atoms with E-state index in [9.17, 15) is 18.0 Å². The Morgan fingerprint density at radius 1 is 1.40 bits per heavy atom. The Balaban J connectivity index is 2.39. The summed E-state index contributed by atoms with van der Waals surface area (Å²) in [5.41, 5.74) is 0.486. The van der Waals surface area contributed by atoms with Crippen molar-refractivity contribution in [2.24, 2.45) is 10.9 Å². The van der Waals surface area contributed by atoms with Gasteiger partial charge in [0, 0.05) is 18.7 Å². The van der Waals surface area contributed by atoms with Crippen LogP contribution in [0, 0.1) is 5.92 Å². The summed E-state index contributed by atoms with van der Waals surface area (Å²) < 4.78 is 46.1. The molecule has 30 heavy (non-hydrogen) atoms. The second-order valence-corrected chi connectivity index (χ2v) is 8.44. The molecule has 0 spiro atoms. The number of piperidine rings is 1. The number of hydrogen-bond acceptors (Lipinski definition) is 5. The highest BCUT2D eigenvalue weighted by Gasteiger charge is 2.45. The molecule has 1 fully saturated rings. The molecule has 0 saturated carbocycles. The lowest BCUT2D eigenvalue weighted by molar-refractivity contribution is -0.177. The van der Waals surface area contributed by atoms with E-state index < -0.39 is 29.8 Å². The molecule has 1 aliphatic rings. The lowest BCUT2D eigenvalue weighted by Gasteiger charge is -2.40. The van der Waals surface area contributed by atoms with Gasteiger partial charge in [-0.2, -0.15) is 13.2 Å². The number of hydrogen-bond donors (Lipinski definition) is 1. The summed E-state index contributed by atoms with van der Waals surface area (Å²) in [6.45, 7) is 10.2. The van der Waals surface area contributed by atoms with E-state index in [2.05, 4.69) is 22.0 Å². The number of carbonyl (C=O) groups excluding carboxylic acids is 1. The number of alkyl halides is 3. The molecule has 1 aromatic rings. The SMILES string of the molecule is C=Nc1c(Cl)ncc(N2C[C@H](NC(=O)OC(C)(C)C)C[C@H](C(F)(F)F)C2)c1/C=C\C. The molecule has 1 N–H and O–H groups in total. The van der Waals surface area contributed by atoms with Crippen molar-refractivity contribution in [3.8, 4) is 0 Å². The van der Waals surface area contributed by atoms with Gasteiger partial charge in [-0.05, 0) is 40.8 Å². The molecule has 166 valence electrons. The monoisotopic (exact) mass is 446 g/mol. The normalized spacial score (nSPS) is 20.3. The molecule has 1 saturated heterocycles. The van der Waals surface area contributed by atoms with Crippen LogP contribution >= 0.6 is 11.6 Å². The molecule has 0 aliphatic carbocycles. The standard InChI is InChI=1S/C20H26ClF3N4O2/c1-6-7-14-15(9-26-17(21)16(14)25-5)28-10-12(20(22,23)24)8-13(11-28)27-18(29)30-19(2,3)4/h6-7,9,12-13H,5,8,10-11H2,1-4H3,(H,27,29)/b7-6-/t12-,13+/m0/s1. The number of nitrogens with one attached hydrogen (secondary N) is 1. The number of pyridine rings is 1. The predicted octanol–water partition coefficient (Wildman–Crippen LogP) is 5.38. The Kier molecular flexibility index (Phi) is 7.39. The summed E-state index contributed by atoms with van der Waals surface area (Å²) >= 11 is 6.09. The van der Waals surface area contributed by atoms with Crippen LogP contribution in [-0.2, 0) is 4.74 Å². The molecular weight excluding hydrogens is 421 g/mol. The molecule has 2 heterocycles. The van der Waals surface area contributed by atoms with Gasteiger partial charge in [-0.3, -0.25) is 4.99 Å². The number of ether oxygens (including phenoxy) is 1. The van der Waals surface area contributed by atoms with Gasteiger partial charge in [0.25, 0.3) is 0 Å². The third-order valence-corrected chi connectivity index (χ3v) is 4.77.